The van der Waals surface area contributed by atoms with Crippen LogP contribution in [0.5, 0.6) is 0 Å². The summed E-state index contributed by atoms with van der Waals surface area (Å²) in [6, 6.07) is 13.5. The number of nitrogens with two attached hydrogens (primary N) is 1. The maximum Gasteiger partial charge on any atom is 0.262 e. The topological polar surface area (TPSA) is 134 Å². The number of benzene rings is 2. The minimum absolute atomic E-state index is 0.0490. The van der Waals surface area contributed by atoms with Gasteiger partial charge in [0.2, 0.25) is 15.9 Å². The summed E-state index contributed by atoms with van der Waals surface area (Å²) < 4.78 is 29.8. The van der Waals surface area contributed by atoms with Gasteiger partial charge in [-0.2, -0.15) is 4.98 Å². The van der Waals surface area contributed by atoms with Gasteiger partial charge >= 0.3 is 0 Å². The lowest BCUT2D eigenvalue weighted by molar-refractivity contribution is 0.362. The molecule has 0 atom stereocenters. The lowest BCUT2D eigenvalue weighted by Crippen LogP contribution is -2.24. The highest BCUT2D eigenvalue weighted by molar-refractivity contribution is 7.98. The third-order valence-corrected chi connectivity index (χ3v) is 6.91. The molecule has 0 spiro atoms. The first-order valence-corrected chi connectivity index (χ1v) is 12.8. The van der Waals surface area contributed by atoms with Gasteiger partial charge in [-0.3, -0.25) is 9.36 Å². The van der Waals surface area contributed by atoms with Gasteiger partial charge in [-0.25, -0.2) is 18.5 Å². The predicted octanol–water partition coefficient (Wildman–Crippen LogP) is 3.09. The van der Waals surface area contributed by atoms with Gasteiger partial charge in [-0.05, 0) is 36.2 Å². The third kappa shape index (κ3) is 5.32. The molecule has 2 aromatic carbocycles. The van der Waals surface area contributed by atoms with Crippen molar-refractivity contribution in [1.29, 1.82) is 0 Å². The number of fused-ring (bicyclic) bond motifs is 1. The first kappa shape index (κ1) is 23.1. The average Bonchev–Trinajstić information content (AvgIpc) is 3.26. The van der Waals surface area contributed by atoms with E-state index in [0.29, 0.717) is 46.5 Å². The second-order valence-corrected chi connectivity index (χ2v) is 10.3. The van der Waals surface area contributed by atoms with Crippen LogP contribution in [-0.2, 0) is 28.7 Å². The predicted molar refractivity (Wildman–Crippen MR) is 125 cm³/mol. The number of sulfonamides is 1. The van der Waals surface area contributed by atoms with E-state index in [9.17, 15) is 13.2 Å². The van der Waals surface area contributed by atoms with Crippen molar-refractivity contribution in [3.63, 3.8) is 0 Å². The van der Waals surface area contributed by atoms with Gasteiger partial charge in [0.15, 0.2) is 11.0 Å². The normalized spacial score (nSPS) is 12.0. The number of nitrogens with zero attached hydrogens (tertiary/aromatic N) is 4. The Morgan fingerprint density at radius 3 is 2.48 bits per heavy atom. The quantitative estimate of drug-likeness (QED) is 0.297. The van der Waals surface area contributed by atoms with Gasteiger partial charge in [0.25, 0.3) is 5.56 Å². The summed E-state index contributed by atoms with van der Waals surface area (Å²) in [5.41, 5.74) is 1.35. The van der Waals surface area contributed by atoms with Crippen LogP contribution in [0.1, 0.15) is 37.0 Å². The summed E-state index contributed by atoms with van der Waals surface area (Å²) in [4.78, 5) is 22.4. The number of aromatic nitrogens is 4. The summed E-state index contributed by atoms with van der Waals surface area (Å²) in [5.74, 6) is 1.65. The number of para-hydroxylation sites is 1. The first-order chi connectivity index (χ1) is 15.7. The monoisotopic (exact) mass is 485 g/mol. The van der Waals surface area contributed by atoms with Crippen LogP contribution in [0.4, 0.5) is 0 Å². The van der Waals surface area contributed by atoms with Crippen molar-refractivity contribution in [2.24, 2.45) is 5.14 Å². The van der Waals surface area contributed by atoms with Crippen LogP contribution in [0.2, 0.25) is 0 Å². The van der Waals surface area contributed by atoms with E-state index in [1.54, 1.807) is 28.8 Å². The molecule has 172 valence electrons. The van der Waals surface area contributed by atoms with Gasteiger partial charge in [0.1, 0.15) is 0 Å². The first-order valence-electron chi connectivity index (χ1n) is 10.3. The van der Waals surface area contributed by atoms with E-state index in [1.807, 2.05) is 26.0 Å². The highest BCUT2D eigenvalue weighted by Crippen LogP contribution is 2.22. The maximum absolute atomic E-state index is 13.2. The Labute approximate surface area is 195 Å². The summed E-state index contributed by atoms with van der Waals surface area (Å²) in [7, 11) is -3.75. The SMILES string of the molecule is CC(C)c1nc(CSc2nc3ccccc3c(=O)n2CCc2ccc(S(N)(=O)=O)cc2)no1. The number of primary sulfonamides is 1. The molecule has 0 fully saturated rings. The van der Waals surface area contributed by atoms with Crippen LogP contribution in [0.3, 0.4) is 0 Å². The Balaban J connectivity index is 1.61. The Bertz CT molecular complexity index is 1440. The zero-order chi connectivity index (χ0) is 23.6. The molecule has 0 aliphatic heterocycles. The molecule has 0 aliphatic rings. The van der Waals surface area contributed by atoms with Gasteiger partial charge < -0.3 is 4.52 Å². The minimum Gasteiger partial charge on any atom is -0.339 e. The fraction of sp³-hybridized carbons (Fsp3) is 0.273. The molecule has 0 saturated heterocycles. The second kappa shape index (κ2) is 9.46. The lowest BCUT2D eigenvalue weighted by atomic mass is 10.1. The Morgan fingerprint density at radius 1 is 1.09 bits per heavy atom. The number of rotatable bonds is 8. The fourth-order valence-corrected chi connectivity index (χ4v) is 4.62. The summed E-state index contributed by atoms with van der Waals surface area (Å²) in [6.45, 7) is 4.32. The zero-order valence-corrected chi connectivity index (χ0v) is 19.8. The van der Waals surface area contributed by atoms with E-state index in [2.05, 4.69) is 10.1 Å². The lowest BCUT2D eigenvalue weighted by Gasteiger charge is -2.13. The van der Waals surface area contributed by atoms with Crippen molar-refractivity contribution in [2.75, 3.05) is 0 Å². The zero-order valence-electron chi connectivity index (χ0n) is 18.1. The number of hydrogen-bond acceptors (Lipinski definition) is 8. The fourth-order valence-electron chi connectivity index (χ4n) is 3.23. The highest BCUT2D eigenvalue weighted by atomic mass is 32.2. The van der Waals surface area contributed by atoms with Gasteiger partial charge in [0.05, 0.1) is 21.6 Å². The molecule has 4 aromatic rings. The van der Waals surface area contributed by atoms with Gasteiger partial charge in [-0.1, -0.05) is 55.0 Å². The summed E-state index contributed by atoms with van der Waals surface area (Å²) in [6.07, 6.45) is 0.512. The van der Waals surface area contributed by atoms with Crippen LogP contribution in [0, 0.1) is 0 Å². The Morgan fingerprint density at radius 2 is 1.82 bits per heavy atom. The van der Waals surface area contributed by atoms with Crippen LogP contribution in [0.25, 0.3) is 10.9 Å². The van der Waals surface area contributed by atoms with E-state index in [4.69, 9.17) is 14.6 Å². The molecule has 0 aliphatic carbocycles. The molecular weight excluding hydrogens is 462 g/mol. The second-order valence-electron chi connectivity index (χ2n) is 7.80. The molecule has 9 nitrogen and oxygen atoms in total. The molecule has 0 saturated carbocycles. The van der Waals surface area contributed by atoms with Crippen molar-refractivity contribution < 1.29 is 12.9 Å². The van der Waals surface area contributed by atoms with Crippen molar-refractivity contribution >= 4 is 32.7 Å². The Kier molecular flexibility index (Phi) is 6.63. The summed E-state index contributed by atoms with van der Waals surface area (Å²) >= 11 is 1.37. The molecule has 0 amide bonds. The van der Waals surface area contributed by atoms with Crippen LogP contribution >= 0.6 is 11.8 Å². The van der Waals surface area contributed by atoms with E-state index >= 15 is 0 Å². The van der Waals surface area contributed by atoms with Crippen LogP contribution in [0.15, 0.2) is 67.9 Å². The van der Waals surface area contributed by atoms with Gasteiger partial charge in [0, 0.05) is 12.5 Å². The number of thioether (sulfide) groups is 1. The smallest absolute Gasteiger partial charge is 0.262 e. The van der Waals surface area contributed by atoms with Crippen LogP contribution in [-0.4, -0.2) is 28.1 Å². The van der Waals surface area contributed by atoms with Crippen molar-refractivity contribution in [3.8, 4) is 0 Å². The maximum atomic E-state index is 13.2. The van der Waals surface area contributed by atoms with E-state index < -0.39 is 10.0 Å². The summed E-state index contributed by atoms with van der Waals surface area (Å²) in [5, 5.41) is 10.3. The van der Waals surface area contributed by atoms with Gasteiger partial charge in [-0.15, -0.1) is 0 Å². The molecule has 2 aromatic heterocycles. The average molecular weight is 486 g/mol. The molecule has 0 unspecified atom stereocenters. The minimum atomic E-state index is -3.75. The molecule has 0 bridgehead atoms. The van der Waals surface area contributed by atoms with Crippen molar-refractivity contribution in [3.05, 3.63) is 76.2 Å². The third-order valence-electron chi connectivity index (χ3n) is 5.01. The number of hydrogen-bond donors (Lipinski definition) is 1. The molecule has 0 radical (unpaired) electrons. The van der Waals surface area contributed by atoms with Crippen molar-refractivity contribution in [2.45, 2.75) is 48.5 Å². The molecular formula is C22H23N5O4S2. The molecule has 11 heteroatoms. The van der Waals surface area contributed by atoms with Crippen LogP contribution < -0.4 is 10.7 Å². The molecule has 33 heavy (non-hydrogen) atoms. The molecule has 2 heterocycles. The highest BCUT2D eigenvalue weighted by Gasteiger charge is 2.15. The molecule has 2 N–H and O–H groups in total. The van der Waals surface area contributed by atoms with E-state index in [-0.39, 0.29) is 16.4 Å². The standard InChI is InChI=1S/C22H23N5O4S2/c1-14(2)20-25-19(26-31-20)13-32-22-24-18-6-4-3-5-17(18)21(28)27(22)12-11-15-7-9-16(10-8-15)33(23,29)30/h3-10,14H,11-13H2,1-2H3,(H2,23,29,30). The number of aryl methyl sites for hydroxylation is 1. The Hall–Kier alpha value is -3.02. The van der Waals surface area contributed by atoms with Crippen molar-refractivity contribution in [1.82, 2.24) is 19.7 Å². The van der Waals surface area contributed by atoms with E-state index in [0.717, 1.165) is 5.56 Å². The molecule has 4 rings (SSSR count). The largest absolute Gasteiger partial charge is 0.339 e. The van der Waals surface area contributed by atoms with E-state index in [1.165, 1.54) is 23.9 Å².